The molecule has 1 aliphatic rings. The van der Waals surface area contributed by atoms with Crippen LogP contribution in [0.3, 0.4) is 0 Å². The fourth-order valence-electron chi connectivity index (χ4n) is 3.74. The molecular formula is C21H24N2O9S. The Balaban J connectivity index is 2.16. The fraction of sp³-hybridized carbons (Fsp3) is 0.476. The van der Waals surface area contributed by atoms with Crippen molar-refractivity contribution in [2.24, 2.45) is 0 Å². The number of rotatable bonds is 6. The van der Waals surface area contributed by atoms with E-state index in [1.165, 1.54) is 20.8 Å². The maximum atomic E-state index is 12.0. The number of esters is 4. The zero-order valence-corrected chi connectivity index (χ0v) is 19.2. The van der Waals surface area contributed by atoms with Crippen molar-refractivity contribution < 1.29 is 42.9 Å². The second kappa shape index (κ2) is 10.1. The van der Waals surface area contributed by atoms with Gasteiger partial charge in [-0.05, 0) is 24.4 Å². The molecule has 33 heavy (non-hydrogen) atoms. The number of para-hydroxylation sites is 2. The summed E-state index contributed by atoms with van der Waals surface area (Å²) in [4.78, 5) is 50.3. The number of benzene rings is 1. The van der Waals surface area contributed by atoms with Crippen LogP contribution in [0.15, 0.2) is 24.3 Å². The standard InChI is InChI=1S/C21H24N2O9S/c1-10(24)28-9-16-17(29-11(2)25)18(30-12(3)26)19(31-13(4)27)20(32-16)23-15-8-6-5-7-14(15)22-21(23)33/h5-8,16-20H,9H2,1-4H3,(H,22,33)/t16-,17-,18+,19-,20?/m1/s1. The molecule has 1 unspecified atom stereocenters. The first-order valence-corrected chi connectivity index (χ1v) is 10.5. The number of hydrogen-bond acceptors (Lipinski definition) is 10. The number of carbonyl (C=O) groups is 4. The Hall–Kier alpha value is -3.25. The molecule has 0 amide bonds. The Morgan fingerprint density at radius 1 is 0.909 bits per heavy atom. The van der Waals surface area contributed by atoms with Crippen molar-refractivity contribution in [2.75, 3.05) is 6.61 Å². The number of ether oxygens (including phenoxy) is 5. The van der Waals surface area contributed by atoms with Crippen molar-refractivity contribution in [1.82, 2.24) is 9.55 Å². The van der Waals surface area contributed by atoms with Crippen LogP contribution < -0.4 is 0 Å². The predicted octanol–water partition coefficient (Wildman–Crippen LogP) is 1.95. The van der Waals surface area contributed by atoms with Crippen molar-refractivity contribution >= 4 is 47.1 Å². The van der Waals surface area contributed by atoms with E-state index in [9.17, 15) is 19.2 Å². The quantitative estimate of drug-likeness (QED) is 0.371. The van der Waals surface area contributed by atoms with Gasteiger partial charge in [0.05, 0.1) is 11.0 Å². The van der Waals surface area contributed by atoms with Gasteiger partial charge in [-0.2, -0.15) is 0 Å². The van der Waals surface area contributed by atoms with E-state index in [0.717, 1.165) is 6.92 Å². The zero-order valence-electron chi connectivity index (χ0n) is 18.4. The molecule has 1 aliphatic heterocycles. The lowest BCUT2D eigenvalue weighted by molar-refractivity contribution is -0.268. The summed E-state index contributed by atoms with van der Waals surface area (Å²) in [7, 11) is 0. The van der Waals surface area contributed by atoms with Crippen molar-refractivity contribution in [1.29, 1.82) is 0 Å². The summed E-state index contributed by atoms with van der Waals surface area (Å²) in [5.41, 5.74) is 1.32. The summed E-state index contributed by atoms with van der Waals surface area (Å²) in [6.07, 6.45) is -5.91. The van der Waals surface area contributed by atoms with E-state index in [1.54, 1.807) is 22.8 Å². The molecule has 5 atom stereocenters. The lowest BCUT2D eigenvalue weighted by Gasteiger charge is -2.44. The molecule has 12 heteroatoms. The van der Waals surface area contributed by atoms with E-state index in [2.05, 4.69) is 4.98 Å². The largest absolute Gasteiger partial charge is 0.463 e. The Bertz CT molecular complexity index is 1120. The highest BCUT2D eigenvalue weighted by molar-refractivity contribution is 7.71. The van der Waals surface area contributed by atoms with Gasteiger partial charge < -0.3 is 28.7 Å². The summed E-state index contributed by atoms with van der Waals surface area (Å²) in [6, 6.07) is 7.17. The molecule has 1 saturated heterocycles. The molecule has 0 spiro atoms. The third-order valence-electron chi connectivity index (χ3n) is 4.84. The van der Waals surface area contributed by atoms with Crippen LogP contribution in [0.25, 0.3) is 11.0 Å². The van der Waals surface area contributed by atoms with E-state index in [4.69, 9.17) is 35.9 Å². The fourth-order valence-corrected chi connectivity index (χ4v) is 4.05. The number of aromatic amines is 1. The van der Waals surface area contributed by atoms with Gasteiger partial charge in [0.2, 0.25) is 0 Å². The van der Waals surface area contributed by atoms with Gasteiger partial charge in [0, 0.05) is 27.7 Å². The molecule has 178 valence electrons. The van der Waals surface area contributed by atoms with Gasteiger partial charge in [0.15, 0.2) is 29.3 Å². The predicted molar refractivity (Wildman–Crippen MR) is 114 cm³/mol. The molecule has 0 bridgehead atoms. The van der Waals surface area contributed by atoms with Crippen LogP contribution in [0.4, 0.5) is 0 Å². The topological polar surface area (TPSA) is 135 Å². The highest BCUT2D eigenvalue weighted by Crippen LogP contribution is 2.36. The number of nitrogens with one attached hydrogen (secondary N) is 1. The van der Waals surface area contributed by atoms with Crippen molar-refractivity contribution in [3.8, 4) is 0 Å². The van der Waals surface area contributed by atoms with Gasteiger partial charge >= 0.3 is 23.9 Å². The molecule has 1 aromatic carbocycles. The Kier molecular flexibility index (Phi) is 7.49. The Morgan fingerprint density at radius 3 is 2.09 bits per heavy atom. The molecule has 0 saturated carbocycles. The molecule has 2 aromatic rings. The average Bonchev–Trinajstić information content (AvgIpc) is 3.04. The first-order valence-electron chi connectivity index (χ1n) is 10.1. The van der Waals surface area contributed by atoms with Crippen molar-refractivity contribution in [3.05, 3.63) is 29.0 Å². The highest BCUT2D eigenvalue weighted by atomic mass is 32.1. The van der Waals surface area contributed by atoms with Crippen LogP contribution in [0, 0.1) is 4.77 Å². The lowest BCUT2D eigenvalue weighted by Crippen LogP contribution is -2.60. The summed E-state index contributed by atoms with van der Waals surface area (Å²) in [5, 5.41) is 0. The maximum Gasteiger partial charge on any atom is 0.303 e. The van der Waals surface area contributed by atoms with Gasteiger partial charge in [0.25, 0.3) is 0 Å². The number of imidazole rings is 1. The van der Waals surface area contributed by atoms with Crippen LogP contribution in [0.1, 0.15) is 33.9 Å². The third-order valence-corrected chi connectivity index (χ3v) is 5.14. The number of carbonyl (C=O) groups excluding carboxylic acids is 4. The lowest BCUT2D eigenvalue weighted by atomic mass is 9.97. The second-order valence-electron chi connectivity index (χ2n) is 7.41. The van der Waals surface area contributed by atoms with E-state index >= 15 is 0 Å². The molecule has 1 aromatic heterocycles. The molecule has 1 fully saturated rings. The van der Waals surface area contributed by atoms with Crippen LogP contribution in [-0.4, -0.2) is 64.5 Å². The smallest absolute Gasteiger partial charge is 0.303 e. The number of nitrogens with zero attached hydrogens (tertiary/aromatic N) is 1. The van der Waals surface area contributed by atoms with E-state index in [0.29, 0.717) is 11.0 Å². The normalized spacial score (nSPS) is 24.7. The Morgan fingerprint density at radius 2 is 1.48 bits per heavy atom. The van der Waals surface area contributed by atoms with Crippen LogP contribution in [-0.2, 0) is 42.9 Å². The molecule has 0 aliphatic carbocycles. The molecule has 3 rings (SSSR count). The summed E-state index contributed by atoms with van der Waals surface area (Å²) >= 11 is 5.48. The van der Waals surface area contributed by atoms with Gasteiger partial charge in [-0.3, -0.25) is 23.7 Å². The Labute approximate surface area is 193 Å². The maximum absolute atomic E-state index is 12.0. The summed E-state index contributed by atoms with van der Waals surface area (Å²) in [5.74, 6) is -2.68. The minimum atomic E-state index is -1.27. The van der Waals surface area contributed by atoms with Crippen LogP contribution >= 0.6 is 12.2 Å². The monoisotopic (exact) mass is 480 g/mol. The van der Waals surface area contributed by atoms with E-state index in [1.807, 2.05) is 6.07 Å². The number of aromatic nitrogens is 2. The van der Waals surface area contributed by atoms with Crippen LogP contribution in [0.5, 0.6) is 0 Å². The average molecular weight is 480 g/mol. The molecule has 11 nitrogen and oxygen atoms in total. The van der Waals surface area contributed by atoms with Crippen molar-refractivity contribution in [2.45, 2.75) is 58.3 Å². The van der Waals surface area contributed by atoms with E-state index in [-0.39, 0.29) is 11.4 Å². The minimum absolute atomic E-state index is 0.247. The molecule has 0 radical (unpaired) electrons. The summed E-state index contributed by atoms with van der Waals surface area (Å²) in [6.45, 7) is 4.41. The van der Waals surface area contributed by atoms with Crippen molar-refractivity contribution in [3.63, 3.8) is 0 Å². The number of hydrogen-bond donors (Lipinski definition) is 1. The second-order valence-corrected chi connectivity index (χ2v) is 7.79. The SMILES string of the molecule is CC(=O)OC[C@H]1OC(n2c(=S)[nH]c3ccccc32)[C@H](OC(C)=O)[C@@H](OC(C)=O)[C@@H]1OC(C)=O. The van der Waals surface area contributed by atoms with Gasteiger partial charge in [-0.15, -0.1) is 0 Å². The van der Waals surface area contributed by atoms with Gasteiger partial charge in [-0.1, -0.05) is 12.1 Å². The van der Waals surface area contributed by atoms with Crippen LogP contribution in [0.2, 0.25) is 0 Å². The summed E-state index contributed by atoms with van der Waals surface area (Å²) < 4.78 is 29.4. The number of H-pyrrole nitrogens is 1. The first kappa shape index (κ1) is 24.4. The molecular weight excluding hydrogens is 456 g/mol. The van der Waals surface area contributed by atoms with Gasteiger partial charge in [-0.25, -0.2) is 0 Å². The van der Waals surface area contributed by atoms with E-state index < -0.39 is 54.5 Å². The van der Waals surface area contributed by atoms with Gasteiger partial charge in [0.1, 0.15) is 12.7 Å². The highest BCUT2D eigenvalue weighted by Gasteiger charge is 2.53. The first-order chi connectivity index (χ1) is 15.6. The molecule has 2 heterocycles. The molecule has 1 N–H and O–H groups in total. The minimum Gasteiger partial charge on any atom is -0.463 e. The number of fused-ring (bicyclic) bond motifs is 1. The third kappa shape index (κ3) is 5.57. The zero-order chi connectivity index (χ0) is 24.3.